The van der Waals surface area contributed by atoms with Crippen LogP contribution in [0.2, 0.25) is 0 Å². The van der Waals surface area contributed by atoms with Gasteiger partial charge in [0.25, 0.3) is 0 Å². The van der Waals surface area contributed by atoms with Crippen molar-refractivity contribution in [2.75, 3.05) is 0 Å². The average molecular weight is 439 g/mol. The van der Waals surface area contributed by atoms with Crippen LogP contribution in [0, 0.1) is 6.92 Å². The smallest absolute Gasteiger partial charge is 0.00204 e. The van der Waals surface area contributed by atoms with Gasteiger partial charge in [0, 0.05) is 0 Å². The van der Waals surface area contributed by atoms with Crippen molar-refractivity contribution >= 4 is 32.3 Å². The topological polar surface area (TPSA) is 0 Å². The molecule has 5 aromatic rings. The summed E-state index contributed by atoms with van der Waals surface area (Å²) in [5.41, 5.74) is 3.88. The third kappa shape index (κ3) is 6.02. The number of fused-ring (bicyclic) bond motifs is 6. The van der Waals surface area contributed by atoms with Crippen molar-refractivity contribution in [1.82, 2.24) is 0 Å². The molecule has 0 bridgehead atoms. The molecule has 5 rings (SSSR count). The highest BCUT2D eigenvalue weighted by atomic mass is 14.1. The number of hydrogen-bond donors (Lipinski definition) is 0. The van der Waals surface area contributed by atoms with Crippen molar-refractivity contribution in [3.05, 3.63) is 96.6 Å². The lowest BCUT2D eigenvalue weighted by Crippen LogP contribution is -1.87. The second-order valence-corrected chi connectivity index (χ2v) is 6.69. The highest BCUT2D eigenvalue weighted by Crippen LogP contribution is 2.39. The first kappa shape index (κ1) is 27.9. The van der Waals surface area contributed by atoms with E-state index in [1.54, 1.807) is 0 Å². The molecule has 0 saturated carbocycles. The molecular formula is C33H42. The van der Waals surface area contributed by atoms with Gasteiger partial charge in [-0.1, -0.05) is 152 Å². The minimum absolute atomic E-state index is 1.28. The maximum absolute atomic E-state index is 2.28. The van der Waals surface area contributed by atoms with Crippen LogP contribution in [-0.4, -0.2) is 0 Å². The summed E-state index contributed by atoms with van der Waals surface area (Å²) in [5, 5.41) is 7.98. The molecule has 0 aliphatic heterocycles. The molecule has 0 nitrogen and oxygen atoms in total. The molecule has 0 aliphatic rings. The van der Waals surface area contributed by atoms with E-state index in [0.29, 0.717) is 0 Å². The maximum Gasteiger partial charge on any atom is -0.00204 e. The van der Waals surface area contributed by atoms with Crippen molar-refractivity contribution in [3.63, 3.8) is 0 Å². The molecule has 0 N–H and O–H groups in total. The fourth-order valence-corrected chi connectivity index (χ4v) is 4.01. The van der Waals surface area contributed by atoms with E-state index >= 15 is 0 Å². The highest BCUT2D eigenvalue weighted by Gasteiger charge is 2.12. The first-order valence-corrected chi connectivity index (χ1v) is 12.7. The van der Waals surface area contributed by atoms with Crippen LogP contribution >= 0.6 is 0 Å². The van der Waals surface area contributed by atoms with E-state index < -0.39 is 0 Å². The minimum atomic E-state index is 1.28. The Morgan fingerprint density at radius 2 is 0.788 bits per heavy atom. The van der Waals surface area contributed by atoms with Crippen LogP contribution in [0.25, 0.3) is 43.4 Å². The van der Waals surface area contributed by atoms with Gasteiger partial charge < -0.3 is 0 Å². The normalized spacial score (nSPS) is 9.36. The Morgan fingerprint density at radius 1 is 0.394 bits per heavy atom. The molecule has 0 saturated heterocycles. The molecule has 174 valence electrons. The molecule has 0 heteroatoms. The van der Waals surface area contributed by atoms with E-state index in [-0.39, 0.29) is 0 Å². The van der Waals surface area contributed by atoms with E-state index in [4.69, 9.17) is 0 Å². The summed E-state index contributed by atoms with van der Waals surface area (Å²) in [6, 6.07) is 33.0. The van der Waals surface area contributed by atoms with Crippen molar-refractivity contribution in [2.24, 2.45) is 0 Å². The number of benzene rings is 5. The highest BCUT2D eigenvalue weighted by molar-refractivity contribution is 6.28. The molecular weight excluding hydrogens is 396 g/mol. The molecule has 0 fully saturated rings. The molecule has 0 spiro atoms. The van der Waals surface area contributed by atoms with Gasteiger partial charge in [0.2, 0.25) is 0 Å². The molecule has 0 radical (unpaired) electrons. The summed E-state index contributed by atoms with van der Waals surface area (Å²) in [6.45, 7) is 18.2. The predicted octanol–water partition coefficient (Wildman–Crippen LogP) is 11.2. The van der Waals surface area contributed by atoms with E-state index in [9.17, 15) is 0 Å². The Kier molecular flexibility index (Phi) is 12.6. The Morgan fingerprint density at radius 3 is 1.27 bits per heavy atom. The number of aryl methyl sites for hydroxylation is 1. The van der Waals surface area contributed by atoms with Crippen molar-refractivity contribution in [1.29, 1.82) is 0 Å². The molecule has 0 aliphatic carbocycles. The monoisotopic (exact) mass is 438 g/mol. The lowest BCUT2D eigenvalue weighted by Gasteiger charge is -2.14. The van der Waals surface area contributed by atoms with Gasteiger partial charge in [0.05, 0.1) is 0 Å². The molecule has 5 aromatic carbocycles. The molecule has 0 aromatic heterocycles. The van der Waals surface area contributed by atoms with Crippen LogP contribution in [0.1, 0.15) is 61.0 Å². The Bertz CT molecular complexity index is 1200. The molecule has 0 heterocycles. The second kappa shape index (κ2) is 14.9. The molecule has 0 unspecified atom stereocenters. The summed E-state index contributed by atoms with van der Waals surface area (Å²) in [4.78, 5) is 0. The van der Waals surface area contributed by atoms with E-state index in [2.05, 4.69) is 97.9 Å². The maximum atomic E-state index is 2.28. The summed E-state index contributed by atoms with van der Waals surface area (Å²) in [5.74, 6) is 0. The van der Waals surface area contributed by atoms with Crippen LogP contribution in [-0.2, 0) is 0 Å². The van der Waals surface area contributed by atoms with E-state index in [1.165, 1.54) is 49.0 Å². The molecule has 0 atom stereocenters. The van der Waals surface area contributed by atoms with Crippen molar-refractivity contribution in [3.8, 4) is 11.1 Å². The number of rotatable bonds is 1. The van der Waals surface area contributed by atoms with Gasteiger partial charge in [-0.25, -0.2) is 0 Å². The minimum Gasteiger partial charge on any atom is -0.0683 e. The fourth-order valence-electron chi connectivity index (χ4n) is 4.01. The van der Waals surface area contributed by atoms with Crippen LogP contribution in [0.15, 0.2) is 91.0 Å². The lowest BCUT2D eigenvalue weighted by molar-refractivity contribution is 1.47. The Labute approximate surface area is 202 Å². The van der Waals surface area contributed by atoms with E-state index in [1.807, 2.05) is 55.4 Å². The summed E-state index contributed by atoms with van der Waals surface area (Å²) >= 11 is 0. The van der Waals surface area contributed by atoms with Crippen LogP contribution in [0.5, 0.6) is 0 Å². The third-order valence-electron chi connectivity index (χ3n) is 5.10. The molecule has 0 amide bonds. The van der Waals surface area contributed by atoms with Gasteiger partial charge in [-0.3, -0.25) is 0 Å². The lowest BCUT2D eigenvalue weighted by atomic mass is 9.89. The standard InChI is InChI=1S/C25H18.4C2H6/c1-17-8-6-9-18(16-17)19-14-7-15-24-22-11-3-2-10-20(22)21-12-4-5-13-23(21)25(19)24;4*1-2/h2-16H,1H3;4*1-2H3. The van der Waals surface area contributed by atoms with E-state index in [0.717, 1.165) is 0 Å². The van der Waals surface area contributed by atoms with Gasteiger partial charge in [-0.05, 0) is 50.4 Å². The Balaban J connectivity index is 0.000000619. The first-order chi connectivity index (χ1) is 16.3. The number of hydrogen-bond acceptors (Lipinski definition) is 0. The quantitative estimate of drug-likeness (QED) is 0.228. The summed E-state index contributed by atoms with van der Waals surface area (Å²) in [7, 11) is 0. The van der Waals surface area contributed by atoms with Crippen LogP contribution in [0.4, 0.5) is 0 Å². The second-order valence-electron chi connectivity index (χ2n) is 6.69. The first-order valence-electron chi connectivity index (χ1n) is 12.7. The van der Waals surface area contributed by atoms with Crippen LogP contribution in [0.3, 0.4) is 0 Å². The zero-order valence-corrected chi connectivity index (χ0v) is 22.2. The predicted molar refractivity (Wildman–Crippen MR) is 155 cm³/mol. The van der Waals surface area contributed by atoms with Crippen molar-refractivity contribution < 1.29 is 0 Å². The van der Waals surface area contributed by atoms with Gasteiger partial charge >= 0.3 is 0 Å². The zero-order chi connectivity index (χ0) is 24.8. The van der Waals surface area contributed by atoms with Gasteiger partial charge in [0.1, 0.15) is 0 Å². The van der Waals surface area contributed by atoms with Gasteiger partial charge in [-0.15, -0.1) is 0 Å². The van der Waals surface area contributed by atoms with Gasteiger partial charge in [0.15, 0.2) is 0 Å². The fraction of sp³-hybridized carbons (Fsp3) is 0.273. The van der Waals surface area contributed by atoms with Crippen molar-refractivity contribution in [2.45, 2.75) is 62.3 Å². The average Bonchev–Trinajstić information content (AvgIpc) is 2.93. The van der Waals surface area contributed by atoms with Gasteiger partial charge in [-0.2, -0.15) is 0 Å². The third-order valence-corrected chi connectivity index (χ3v) is 5.10. The molecule has 33 heavy (non-hydrogen) atoms. The SMILES string of the molecule is CC.CC.CC.CC.Cc1cccc(-c2cccc3c4ccccc4c4ccccc4c23)c1. The van der Waals surface area contributed by atoms with Crippen LogP contribution < -0.4 is 0 Å². The zero-order valence-electron chi connectivity index (χ0n) is 22.2. The largest absolute Gasteiger partial charge is 0.0683 e. The summed E-state index contributed by atoms with van der Waals surface area (Å²) in [6.07, 6.45) is 0. The summed E-state index contributed by atoms with van der Waals surface area (Å²) < 4.78 is 0. The Hall–Kier alpha value is -3.12.